The SMILES string of the molecule is Cc1sc2c(c1C)C(c1ccc(N3CCC4(CC3)CN(CCOc3ccc([C@H]5c6ccc(O)cc6CC[C@H]5c5ccccc5)cc3)C4)cc1)=N[C@@H](C)c1nnc(C)n1-2. The van der Waals surface area contributed by atoms with Crippen LogP contribution < -0.4 is 9.64 Å². The summed E-state index contributed by atoms with van der Waals surface area (Å²) in [7, 11) is 0. The number of anilines is 1. The first-order valence-corrected chi connectivity index (χ1v) is 21.8. The molecular weight excluding hydrogens is 737 g/mol. The van der Waals surface area contributed by atoms with E-state index in [0.717, 1.165) is 74.2 Å². The summed E-state index contributed by atoms with van der Waals surface area (Å²) in [6.45, 7) is 14.7. The fourth-order valence-corrected chi connectivity index (χ4v) is 11.5. The van der Waals surface area contributed by atoms with Crippen molar-refractivity contribution in [2.75, 3.05) is 44.2 Å². The number of fused-ring (bicyclic) bond motifs is 4. The Bertz CT molecular complexity index is 2470. The van der Waals surface area contributed by atoms with Gasteiger partial charge in [-0.2, -0.15) is 0 Å². The second kappa shape index (κ2) is 14.8. The molecule has 2 saturated heterocycles. The van der Waals surface area contributed by atoms with Crippen molar-refractivity contribution >= 4 is 22.7 Å². The lowest BCUT2D eigenvalue weighted by Gasteiger charge is -2.54. The van der Waals surface area contributed by atoms with Gasteiger partial charge < -0.3 is 14.7 Å². The number of rotatable bonds is 8. The summed E-state index contributed by atoms with van der Waals surface area (Å²) in [5.41, 5.74) is 11.7. The van der Waals surface area contributed by atoms with Crippen LogP contribution >= 0.6 is 11.3 Å². The highest BCUT2D eigenvalue weighted by molar-refractivity contribution is 7.15. The minimum Gasteiger partial charge on any atom is -0.508 e. The van der Waals surface area contributed by atoms with Gasteiger partial charge in [0.25, 0.3) is 0 Å². The lowest BCUT2D eigenvalue weighted by Crippen LogP contribution is -2.60. The van der Waals surface area contributed by atoms with Crippen LogP contribution in [0.15, 0.2) is 102 Å². The Labute approximate surface area is 345 Å². The van der Waals surface area contributed by atoms with E-state index < -0.39 is 0 Å². The molecule has 10 rings (SSSR count). The Kier molecular flexibility index (Phi) is 9.48. The van der Waals surface area contributed by atoms with Gasteiger partial charge in [0.15, 0.2) is 5.82 Å². The Morgan fingerprint density at radius 1 is 0.862 bits per heavy atom. The zero-order chi connectivity index (χ0) is 39.5. The molecule has 2 fully saturated rings. The van der Waals surface area contributed by atoms with Gasteiger partial charge in [0.05, 0.1) is 5.71 Å². The van der Waals surface area contributed by atoms with Crippen molar-refractivity contribution in [3.8, 4) is 16.5 Å². The molecule has 296 valence electrons. The molecule has 4 aromatic carbocycles. The molecule has 3 aliphatic heterocycles. The van der Waals surface area contributed by atoms with Gasteiger partial charge in [-0.05, 0) is 129 Å². The molecule has 2 aromatic heterocycles. The molecule has 6 aromatic rings. The van der Waals surface area contributed by atoms with E-state index in [1.165, 1.54) is 61.8 Å². The maximum Gasteiger partial charge on any atom is 0.162 e. The fourth-order valence-electron chi connectivity index (χ4n) is 10.3. The number of phenols is 1. The number of aliphatic imine (C=N–C) groups is 1. The zero-order valence-corrected chi connectivity index (χ0v) is 34.8. The van der Waals surface area contributed by atoms with E-state index in [4.69, 9.17) is 9.73 Å². The van der Waals surface area contributed by atoms with Crippen molar-refractivity contribution in [3.05, 3.63) is 153 Å². The molecule has 58 heavy (non-hydrogen) atoms. The minimum atomic E-state index is -0.0780. The van der Waals surface area contributed by atoms with E-state index in [9.17, 15) is 5.11 Å². The van der Waals surface area contributed by atoms with E-state index in [1.807, 2.05) is 30.4 Å². The van der Waals surface area contributed by atoms with Crippen LogP contribution in [-0.4, -0.2) is 69.8 Å². The number of hydrogen-bond donors (Lipinski definition) is 1. The van der Waals surface area contributed by atoms with Gasteiger partial charge in [0.2, 0.25) is 0 Å². The summed E-state index contributed by atoms with van der Waals surface area (Å²) < 4.78 is 8.52. The van der Waals surface area contributed by atoms with Crippen LogP contribution in [0.5, 0.6) is 11.5 Å². The van der Waals surface area contributed by atoms with Crippen molar-refractivity contribution in [2.45, 2.75) is 71.3 Å². The number of phenolic OH excluding ortho intramolecular Hbond substituents is 1. The molecule has 0 amide bonds. The number of aromatic hydroxyl groups is 1. The van der Waals surface area contributed by atoms with Crippen LogP contribution in [0.25, 0.3) is 5.00 Å². The highest BCUT2D eigenvalue weighted by Gasteiger charge is 2.44. The van der Waals surface area contributed by atoms with Gasteiger partial charge in [0, 0.05) is 60.3 Å². The Hall–Kier alpha value is -5.25. The van der Waals surface area contributed by atoms with Crippen LogP contribution in [0.1, 0.15) is 99.5 Å². The molecule has 8 nitrogen and oxygen atoms in total. The highest BCUT2D eigenvalue weighted by Crippen LogP contribution is 2.47. The van der Waals surface area contributed by atoms with Crippen molar-refractivity contribution in [3.63, 3.8) is 0 Å². The summed E-state index contributed by atoms with van der Waals surface area (Å²) >= 11 is 1.81. The molecule has 3 atom stereocenters. The number of benzene rings is 4. The molecule has 0 unspecified atom stereocenters. The number of thiophene rings is 1. The smallest absolute Gasteiger partial charge is 0.162 e. The van der Waals surface area contributed by atoms with Gasteiger partial charge >= 0.3 is 0 Å². The molecule has 9 heteroatoms. The summed E-state index contributed by atoms with van der Waals surface area (Å²) in [6, 6.07) is 34.6. The predicted molar refractivity (Wildman–Crippen MR) is 234 cm³/mol. The van der Waals surface area contributed by atoms with Crippen LogP contribution in [-0.2, 0) is 6.42 Å². The first kappa shape index (κ1) is 37.0. The van der Waals surface area contributed by atoms with Crippen LogP contribution in [0.3, 0.4) is 0 Å². The lowest BCUT2D eigenvalue weighted by molar-refractivity contribution is -0.0243. The Morgan fingerprint density at radius 3 is 2.38 bits per heavy atom. The molecule has 1 spiro atoms. The molecule has 1 aliphatic carbocycles. The molecule has 1 N–H and O–H groups in total. The second-order valence-electron chi connectivity index (χ2n) is 17.1. The van der Waals surface area contributed by atoms with Crippen LogP contribution in [0, 0.1) is 26.2 Å². The average molecular weight is 789 g/mol. The predicted octanol–water partition coefficient (Wildman–Crippen LogP) is 9.71. The van der Waals surface area contributed by atoms with Crippen molar-refractivity contribution in [1.82, 2.24) is 19.7 Å². The maximum atomic E-state index is 10.2. The number of piperidine rings is 1. The van der Waals surface area contributed by atoms with Gasteiger partial charge in [0.1, 0.15) is 35.0 Å². The van der Waals surface area contributed by atoms with Gasteiger partial charge in [-0.3, -0.25) is 14.5 Å². The first-order valence-electron chi connectivity index (χ1n) is 21.0. The van der Waals surface area contributed by atoms with E-state index >= 15 is 0 Å². The van der Waals surface area contributed by atoms with Gasteiger partial charge in [-0.1, -0.05) is 60.7 Å². The second-order valence-corrected chi connectivity index (χ2v) is 18.3. The van der Waals surface area contributed by atoms with Crippen molar-refractivity contribution in [2.24, 2.45) is 10.4 Å². The molecule has 0 bridgehead atoms. The topological polar surface area (TPSA) is 79.0 Å². The molecular formula is C49H52N6O2S. The van der Waals surface area contributed by atoms with E-state index in [2.05, 4.69) is 130 Å². The number of nitrogens with zero attached hydrogens (tertiary/aromatic N) is 6. The number of hydrogen-bond acceptors (Lipinski definition) is 8. The van der Waals surface area contributed by atoms with Crippen molar-refractivity contribution < 1.29 is 9.84 Å². The third-order valence-electron chi connectivity index (χ3n) is 13.5. The number of aromatic nitrogens is 3. The minimum absolute atomic E-state index is 0.0780. The fraction of sp³-hybridized carbons (Fsp3) is 0.367. The van der Waals surface area contributed by atoms with Crippen molar-refractivity contribution in [1.29, 1.82) is 0 Å². The Balaban J connectivity index is 0.733. The maximum absolute atomic E-state index is 10.2. The summed E-state index contributed by atoms with van der Waals surface area (Å²) in [4.78, 5) is 11.7. The number of ether oxygens (including phenoxy) is 1. The van der Waals surface area contributed by atoms with E-state index in [0.29, 0.717) is 23.7 Å². The van der Waals surface area contributed by atoms with Crippen LogP contribution in [0.2, 0.25) is 0 Å². The first-order chi connectivity index (χ1) is 28.2. The molecule has 0 radical (unpaired) electrons. The molecule has 5 heterocycles. The third-order valence-corrected chi connectivity index (χ3v) is 14.7. The van der Waals surface area contributed by atoms with E-state index in [-0.39, 0.29) is 12.0 Å². The molecule has 4 aliphatic rings. The largest absolute Gasteiger partial charge is 0.508 e. The Morgan fingerprint density at radius 2 is 1.62 bits per heavy atom. The highest BCUT2D eigenvalue weighted by atomic mass is 32.1. The summed E-state index contributed by atoms with van der Waals surface area (Å²) in [5.74, 6) is 3.73. The number of likely N-dealkylation sites (tertiary alicyclic amines) is 1. The average Bonchev–Trinajstić information content (AvgIpc) is 3.73. The van der Waals surface area contributed by atoms with E-state index in [1.54, 1.807) is 0 Å². The van der Waals surface area contributed by atoms with Crippen LogP contribution in [0.4, 0.5) is 5.69 Å². The molecule has 0 saturated carbocycles. The normalized spacial score (nSPS) is 21.1. The summed E-state index contributed by atoms with van der Waals surface area (Å²) in [5, 5.41) is 20.3. The van der Waals surface area contributed by atoms with Gasteiger partial charge in [-0.15, -0.1) is 21.5 Å². The monoisotopic (exact) mass is 788 g/mol. The standard InChI is InChI=1S/C49H52N6O2S/c1-31-33(3)58-48-44(31)46(50-32(2)47-52-51-34(4)55(47)48)37-10-15-39(16-11-37)54-24-22-49(23-25-54)29-53(30-49)26-27-57-41-18-12-36(13-19-41)45-42(35-8-6-5-7-9-35)20-14-38-28-40(56)17-21-43(38)45/h5-13,15-19,21,28,32,42,45,56H,14,20,22-27,29-30H2,1-4H3/t32-,42-,45+/m0/s1. The summed E-state index contributed by atoms with van der Waals surface area (Å²) in [6.07, 6.45) is 4.49. The zero-order valence-electron chi connectivity index (χ0n) is 34.0. The third kappa shape index (κ3) is 6.62. The number of aryl methyl sites for hydroxylation is 3. The quantitative estimate of drug-likeness (QED) is 0.166. The lowest BCUT2D eigenvalue weighted by atomic mass is 9.69. The van der Waals surface area contributed by atoms with Gasteiger partial charge in [-0.25, -0.2) is 0 Å².